The summed E-state index contributed by atoms with van der Waals surface area (Å²) in [6.45, 7) is 2.39. The van der Waals surface area contributed by atoms with Gasteiger partial charge in [-0.25, -0.2) is 0 Å². The average Bonchev–Trinajstić information content (AvgIpc) is 2.55. The number of ether oxygens (including phenoxy) is 1. The first-order valence-electron chi connectivity index (χ1n) is 7.38. The fourth-order valence-corrected chi connectivity index (χ4v) is 2.18. The Morgan fingerprint density at radius 1 is 1.20 bits per heavy atom. The summed E-state index contributed by atoms with van der Waals surface area (Å²) in [6, 6.07) is 9.65. The fourth-order valence-electron chi connectivity index (χ4n) is 2.00. The Hall–Kier alpha value is -2.47. The van der Waals surface area contributed by atoms with E-state index in [1.807, 2.05) is 6.92 Å². The van der Waals surface area contributed by atoms with Gasteiger partial charge >= 0.3 is 6.18 Å². The van der Waals surface area contributed by atoms with Crippen LogP contribution in [0.2, 0.25) is 5.02 Å². The van der Waals surface area contributed by atoms with Crippen LogP contribution in [0, 0.1) is 0 Å². The van der Waals surface area contributed by atoms with Gasteiger partial charge in [-0.1, -0.05) is 11.6 Å². The van der Waals surface area contributed by atoms with E-state index < -0.39 is 17.6 Å². The summed E-state index contributed by atoms with van der Waals surface area (Å²) in [5.74, 6) is 0.185. The zero-order chi connectivity index (χ0) is 18.4. The fraction of sp³-hybridized carbons (Fsp3) is 0.167. The summed E-state index contributed by atoms with van der Waals surface area (Å²) < 4.78 is 43.4. The number of nitrogens with one attached hydrogen (secondary N) is 1. The molecule has 1 amide bonds. The lowest BCUT2D eigenvalue weighted by Crippen LogP contribution is -2.08. The molecule has 0 fully saturated rings. The van der Waals surface area contributed by atoms with Crippen LogP contribution in [0.1, 0.15) is 18.1 Å². The third-order valence-electron chi connectivity index (χ3n) is 3.17. The zero-order valence-corrected chi connectivity index (χ0v) is 14.0. The van der Waals surface area contributed by atoms with Gasteiger partial charge in [-0.3, -0.25) is 4.79 Å². The highest BCUT2D eigenvalue weighted by Crippen LogP contribution is 2.32. The number of hydrogen-bond acceptors (Lipinski definition) is 2. The molecule has 0 heterocycles. The molecule has 0 aliphatic carbocycles. The van der Waals surface area contributed by atoms with Crippen LogP contribution in [0.25, 0.3) is 6.08 Å². The Labute approximate surface area is 148 Å². The largest absolute Gasteiger partial charge is 0.494 e. The molecule has 2 aromatic carbocycles. The summed E-state index contributed by atoms with van der Waals surface area (Å²) in [5.41, 5.74) is -0.185. The molecule has 0 aromatic heterocycles. The lowest BCUT2D eigenvalue weighted by atomic mass is 10.1. The molecule has 25 heavy (non-hydrogen) atoms. The molecule has 2 aromatic rings. The number of rotatable bonds is 5. The van der Waals surface area contributed by atoms with Gasteiger partial charge < -0.3 is 10.1 Å². The van der Waals surface area contributed by atoms with Crippen molar-refractivity contribution in [3.05, 3.63) is 64.7 Å². The van der Waals surface area contributed by atoms with Crippen LogP contribution in [0.3, 0.4) is 0 Å². The van der Waals surface area contributed by atoms with E-state index in [0.717, 1.165) is 24.3 Å². The summed E-state index contributed by atoms with van der Waals surface area (Å²) in [6.07, 6.45) is -2.11. The Morgan fingerprint density at radius 2 is 1.88 bits per heavy atom. The molecule has 0 atom stereocenters. The van der Waals surface area contributed by atoms with E-state index in [9.17, 15) is 18.0 Å². The Bertz CT molecular complexity index is 771. The van der Waals surface area contributed by atoms with Crippen LogP contribution in [0.4, 0.5) is 18.9 Å². The highest BCUT2D eigenvalue weighted by atomic mass is 35.5. The van der Waals surface area contributed by atoms with Crippen molar-refractivity contribution in [1.82, 2.24) is 0 Å². The van der Waals surface area contributed by atoms with Crippen molar-refractivity contribution in [1.29, 1.82) is 0 Å². The summed E-state index contributed by atoms with van der Waals surface area (Å²) >= 11 is 5.87. The van der Waals surface area contributed by atoms with Crippen LogP contribution < -0.4 is 10.1 Å². The molecule has 1 N–H and O–H groups in total. The molecular formula is C18H15ClF3NO2. The molecule has 0 spiro atoms. The van der Waals surface area contributed by atoms with Crippen LogP contribution in [0.15, 0.2) is 48.5 Å². The third kappa shape index (κ3) is 5.53. The van der Waals surface area contributed by atoms with Gasteiger partial charge in [-0.15, -0.1) is 0 Å². The quantitative estimate of drug-likeness (QED) is 0.716. The standard InChI is InChI=1S/C18H15ClF3NO2/c1-2-25-15-7-5-14(6-8-15)23-17(24)10-3-12-11-13(18(20,21)22)4-9-16(12)19/h3-11H,2H2,1H3,(H,23,24)/b10-3+. The maximum atomic E-state index is 12.7. The van der Waals surface area contributed by atoms with Gasteiger partial charge in [0.2, 0.25) is 5.91 Å². The molecule has 0 aliphatic rings. The van der Waals surface area contributed by atoms with Gasteiger partial charge in [-0.05, 0) is 61.0 Å². The number of hydrogen-bond donors (Lipinski definition) is 1. The normalized spacial score (nSPS) is 11.6. The number of halogens is 4. The van der Waals surface area contributed by atoms with Gasteiger partial charge in [0.15, 0.2) is 0 Å². The van der Waals surface area contributed by atoms with Crippen molar-refractivity contribution in [2.45, 2.75) is 13.1 Å². The second-order valence-corrected chi connectivity index (χ2v) is 5.42. The predicted molar refractivity (Wildman–Crippen MR) is 91.7 cm³/mol. The molecule has 0 saturated heterocycles. The van der Waals surface area contributed by atoms with E-state index in [-0.39, 0.29) is 10.6 Å². The molecule has 0 aliphatic heterocycles. The second kappa shape index (κ2) is 8.07. The summed E-state index contributed by atoms with van der Waals surface area (Å²) in [4.78, 5) is 11.9. The van der Waals surface area contributed by atoms with E-state index in [0.29, 0.717) is 18.0 Å². The monoisotopic (exact) mass is 369 g/mol. The third-order valence-corrected chi connectivity index (χ3v) is 3.51. The van der Waals surface area contributed by atoms with E-state index >= 15 is 0 Å². The minimum Gasteiger partial charge on any atom is -0.494 e. The first-order chi connectivity index (χ1) is 11.8. The van der Waals surface area contributed by atoms with Crippen molar-refractivity contribution in [3.8, 4) is 5.75 Å². The molecular weight excluding hydrogens is 355 g/mol. The van der Waals surface area contributed by atoms with Gasteiger partial charge in [0.05, 0.1) is 12.2 Å². The summed E-state index contributed by atoms with van der Waals surface area (Å²) in [5, 5.41) is 2.72. The minimum absolute atomic E-state index is 0.110. The number of anilines is 1. The highest BCUT2D eigenvalue weighted by molar-refractivity contribution is 6.32. The smallest absolute Gasteiger partial charge is 0.416 e. The van der Waals surface area contributed by atoms with Crippen LogP contribution in [0.5, 0.6) is 5.75 Å². The molecule has 2 rings (SSSR count). The van der Waals surface area contributed by atoms with Gasteiger partial charge in [-0.2, -0.15) is 13.2 Å². The first kappa shape index (κ1) is 18.9. The van der Waals surface area contributed by atoms with Crippen molar-refractivity contribution >= 4 is 29.3 Å². The van der Waals surface area contributed by atoms with Gasteiger partial charge in [0.25, 0.3) is 0 Å². The zero-order valence-electron chi connectivity index (χ0n) is 13.2. The maximum absolute atomic E-state index is 12.7. The predicted octanol–water partition coefficient (Wildman–Crippen LogP) is 5.41. The number of carbonyl (C=O) groups excluding carboxylic acids is 1. The van der Waals surface area contributed by atoms with Crippen LogP contribution in [-0.2, 0) is 11.0 Å². The van der Waals surface area contributed by atoms with Gasteiger partial charge in [0, 0.05) is 16.8 Å². The topological polar surface area (TPSA) is 38.3 Å². The Balaban J connectivity index is 2.07. The van der Waals surface area contributed by atoms with Crippen molar-refractivity contribution < 1.29 is 22.7 Å². The molecule has 0 saturated carbocycles. The highest BCUT2D eigenvalue weighted by Gasteiger charge is 2.30. The summed E-state index contributed by atoms with van der Waals surface area (Å²) in [7, 11) is 0. The number of benzene rings is 2. The van der Waals surface area contributed by atoms with E-state index in [4.69, 9.17) is 16.3 Å². The molecule has 3 nitrogen and oxygen atoms in total. The molecule has 0 bridgehead atoms. The van der Waals surface area contributed by atoms with Crippen LogP contribution >= 0.6 is 11.6 Å². The number of alkyl halides is 3. The van der Waals surface area contributed by atoms with E-state index in [1.165, 1.54) is 6.08 Å². The second-order valence-electron chi connectivity index (χ2n) is 5.01. The van der Waals surface area contributed by atoms with Crippen LogP contribution in [-0.4, -0.2) is 12.5 Å². The van der Waals surface area contributed by atoms with Crippen molar-refractivity contribution in [2.24, 2.45) is 0 Å². The lowest BCUT2D eigenvalue weighted by Gasteiger charge is -2.08. The van der Waals surface area contributed by atoms with Gasteiger partial charge in [0.1, 0.15) is 5.75 Å². The average molecular weight is 370 g/mol. The maximum Gasteiger partial charge on any atom is 0.416 e. The molecule has 0 unspecified atom stereocenters. The number of amides is 1. The van der Waals surface area contributed by atoms with Crippen molar-refractivity contribution in [3.63, 3.8) is 0 Å². The molecule has 0 radical (unpaired) electrons. The van der Waals surface area contributed by atoms with Crippen molar-refractivity contribution in [2.75, 3.05) is 11.9 Å². The van der Waals surface area contributed by atoms with E-state index in [1.54, 1.807) is 24.3 Å². The number of carbonyl (C=O) groups is 1. The van der Waals surface area contributed by atoms with E-state index in [2.05, 4.69) is 5.32 Å². The molecule has 7 heteroatoms. The first-order valence-corrected chi connectivity index (χ1v) is 7.76. The SMILES string of the molecule is CCOc1ccc(NC(=O)/C=C/c2cc(C(F)(F)F)ccc2Cl)cc1. The lowest BCUT2D eigenvalue weighted by molar-refractivity contribution is -0.137. The minimum atomic E-state index is -4.47. The Kier molecular flexibility index (Phi) is 6.09. The molecule has 132 valence electrons. The Morgan fingerprint density at radius 3 is 2.48 bits per heavy atom.